The summed E-state index contributed by atoms with van der Waals surface area (Å²) in [5, 5.41) is 12.6. The van der Waals surface area contributed by atoms with Crippen molar-refractivity contribution in [2.45, 2.75) is 18.3 Å². The van der Waals surface area contributed by atoms with Crippen LogP contribution in [0, 0.1) is 11.3 Å². The minimum Gasteiger partial charge on any atom is -0.399 e. The second kappa shape index (κ2) is 3.92. The molecule has 1 aromatic rings. The highest BCUT2D eigenvalue weighted by atomic mass is 14.9. The first-order chi connectivity index (χ1) is 7.27. The molecule has 0 radical (unpaired) electrons. The molecule has 1 aliphatic heterocycles. The Kier molecular flexibility index (Phi) is 2.61. The first kappa shape index (κ1) is 10.0. The van der Waals surface area contributed by atoms with Crippen LogP contribution in [-0.4, -0.2) is 13.1 Å². The van der Waals surface area contributed by atoms with Crippen LogP contribution in [0.1, 0.15) is 18.4 Å². The zero-order valence-corrected chi connectivity index (χ0v) is 8.66. The van der Waals surface area contributed by atoms with E-state index in [0.29, 0.717) is 0 Å². The molecule has 78 valence electrons. The molecule has 3 N–H and O–H groups in total. The van der Waals surface area contributed by atoms with Gasteiger partial charge in [-0.3, -0.25) is 0 Å². The Bertz CT molecular complexity index is 386. The van der Waals surface area contributed by atoms with Crippen LogP contribution < -0.4 is 11.1 Å². The molecule has 0 amide bonds. The summed E-state index contributed by atoms with van der Waals surface area (Å²) in [5.41, 5.74) is 7.22. The predicted octanol–water partition coefficient (Wildman–Crippen LogP) is 1.41. The van der Waals surface area contributed by atoms with Crippen LogP contribution in [0.25, 0.3) is 0 Å². The van der Waals surface area contributed by atoms with Gasteiger partial charge in [0.1, 0.15) is 0 Å². The Balaban J connectivity index is 2.37. The number of anilines is 1. The highest BCUT2D eigenvalue weighted by Gasteiger charge is 2.33. The molecule has 1 aliphatic rings. The molecule has 1 aromatic carbocycles. The van der Waals surface area contributed by atoms with Crippen LogP contribution in [0.15, 0.2) is 24.3 Å². The highest BCUT2D eigenvalue weighted by Crippen LogP contribution is 2.33. The van der Waals surface area contributed by atoms with E-state index >= 15 is 0 Å². The number of nitrogens with zero attached hydrogens (tertiary/aromatic N) is 1. The quantitative estimate of drug-likeness (QED) is 0.675. The van der Waals surface area contributed by atoms with Crippen LogP contribution in [0.4, 0.5) is 5.69 Å². The van der Waals surface area contributed by atoms with Crippen molar-refractivity contribution in [2.24, 2.45) is 0 Å². The van der Waals surface area contributed by atoms with Gasteiger partial charge in [-0.1, -0.05) is 12.1 Å². The van der Waals surface area contributed by atoms with Crippen LogP contribution in [0.5, 0.6) is 0 Å². The van der Waals surface area contributed by atoms with Crippen molar-refractivity contribution in [1.82, 2.24) is 5.32 Å². The normalized spacial score (nSPS) is 19.4. The Morgan fingerprint density at radius 3 is 2.67 bits per heavy atom. The fourth-order valence-corrected chi connectivity index (χ4v) is 2.15. The third-order valence-corrected chi connectivity index (χ3v) is 3.11. The van der Waals surface area contributed by atoms with Crippen molar-refractivity contribution in [3.8, 4) is 6.07 Å². The first-order valence-corrected chi connectivity index (χ1v) is 5.25. The smallest absolute Gasteiger partial charge is 0.0847 e. The lowest BCUT2D eigenvalue weighted by atomic mass is 9.74. The highest BCUT2D eigenvalue weighted by molar-refractivity contribution is 5.45. The van der Waals surface area contributed by atoms with Crippen LogP contribution in [0.2, 0.25) is 0 Å². The molecular weight excluding hydrogens is 186 g/mol. The van der Waals surface area contributed by atoms with E-state index in [4.69, 9.17) is 5.73 Å². The number of nitrogens with two attached hydrogens (primary N) is 1. The molecule has 2 rings (SSSR count). The molecule has 1 heterocycles. The van der Waals surface area contributed by atoms with Gasteiger partial charge >= 0.3 is 0 Å². The van der Waals surface area contributed by atoms with Gasteiger partial charge < -0.3 is 11.1 Å². The van der Waals surface area contributed by atoms with Crippen molar-refractivity contribution in [3.63, 3.8) is 0 Å². The lowest BCUT2D eigenvalue weighted by Crippen LogP contribution is -2.38. The van der Waals surface area contributed by atoms with E-state index < -0.39 is 0 Å². The summed E-state index contributed by atoms with van der Waals surface area (Å²) in [4.78, 5) is 0. The Morgan fingerprint density at radius 1 is 1.33 bits per heavy atom. The van der Waals surface area contributed by atoms with E-state index in [9.17, 15) is 5.26 Å². The molecule has 3 heteroatoms. The van der Waals surface area contributed by atoms with Gasteiger partial charge in [0, 0.05) is 5.69 Å². The topological polar surface area (TPSA) is 61.8 Å². The van der Waals surface area contributed by atoms with Gasteiger partial charge in [0.25, 0.3) is 0 Å². The summed E-state index contributed by atoms with van der Waals surface area (Å²) in [5.74, 6) is 0. The largest absolute Gasteiger partial charge is 0.399 e. The Labute approximate surface area is 89.9 Å². The van der Waals surface area contributed by atoms with Gasteiger partial charge in [-0.25, -0.2) is 0 Å². The SMILES string of the molecule is N#CC1(c2cccc(N)c2)CCNCC1. The minimum atomic E-state index is -0.333. The standard InChI is InChI=1S/C12H15N3/c13-9-12(4-6-15-7-5-12)10-2-1-3-11(14)8-10/h1-3,8,15H,4-7,14H2. The first-order valence-electron chi connectivity index (χ1n) is 5.25. The molecule has 3 nitrogen and oxygen atoms in total. The fourth-order valence-electron chi connectivity index (χ4n) is 2.15. The third kappa shape index (κ3) is 1.81. The van der Waals surface area contributed by atoms with Gasteiger partial charge in [0.2, 0.25) is 0 Å². The van der Waals surface area contributed by atoms with Crippen molar-refractivity contribution >= 4 is 5.69 Å². The molecule has 15 heavy (non-hydrogen) atoms. The average Bonchev–Trinajstić information content (AvgIpc) is 2.30. The molecule has 0 aliphatic carbocycles. The van der Waals surface area contributed by atoms with Crippen LogP contribution in [0.3, 0.4) is 0 Å². The van der Waals surface area contributed by atoms with Crippen molar-refractivity contribution in [2.75, 3.05) is 18.8 Å². The Morgan fingerprint density at radius 2 is 2.07 bits per heavy atom. The lowest BCUT2D eigenvalue weighted by Gasteiger charge is -2.31. The second-order valence-corrected chi connectivity index (χ2v) is 4.07. The number of hydrogen-bond donors (Lipinski definition) is 2. The van der Waals surface area contributed by atoms with Gasteiger partial charge in [-0.15, -0.1) is 0 Å². The average molecular weight is 201 g/mol. The second-order valence-electron chi connectivity index (χ2n) is 4.07. The summed E-state index contributed by atoms with van der Waals surface area (Å²) < 4.78 is 0. The number of nitrogens with one attached hydrogen (secondary N) is 1. The number of rotatable bonds is 1. The number of benzene rings is 1. The maximum absolute atomic E-state index is 9.37. The zero-order chi connectivity index (χ0) is 10.7. The van der Waals surface area contributed by atoms with Crippen LogP contribution in [-0.2, 0) is 5.41 Å². The van der Waals surface area contributed by atoms with E-state index in [1.807, 2.05) is 24.3 Å². The number of piperidine rings is 1. The summed E-state index contributed by atoms with van der Waals surface area (Å²) in [6, 6.07) is 10.2. The molecule has 1 fully saturated rings. The molecule has 0 atom stereocenters. The molecule has 0 bridgehead atoms. The van der Waals surface area contributed by atoms with Crippen LogP contribution >= 0.6 is 0 Å². The molecule has 1 saturated heterocycles. The van der Waals surface area contributed by atoms with Gasteiger partial charge in [-0.2, -0.15) is 5.26 Å². The molecular formula is C12H15N3. The molecule has 0 saturated carbocycles. The number of nitrogen functional groups attached to an aromatic ring is 1. The van der Waals surface area contributed by atoms with Gasteiger partial charge in [-0.05, 0) is 43.6 Å². The summed E-state index contributed by atoms with van der Waals surface area (Å²) >= 11 is 0. The van der Waals surface area contributed by atoms with Crippen molar-refractivity contribution < 1.29 is 0 Å². The monoisotopic (exact) mass is 201 g/mol. The molecule has 0 spiro atoms. The van der Waals surface area contributed by atoms with Gasteiger partial charge in [0.05, 0.1) is 11.5 Å². The number of nitriles is 1. The summed E-state index contributed by atoms with van der Waals surface area (Å²) in [6.07, 6.45) is 1.74. The van der Waals surface area contributed by atoms with E-state index in [2.05, 4.69) is 11.4 Å². The maximum atomic E-state index is 9.37. The number of hydrogen-bond acceptors (Lipinski definition) is 3. The van der Waals surface area contributed by atoms with E-state index in [0.717, 1.165) is 37.2 Å². The Hall–Kier alpha value is -1.53. The van der Waals surface area contributed by atoms with E-state index in [1.54, 1.807) is 0 Å². The van der Waals surface area contributed by atoms with Crippen molar-refractivity contribution in [1.29, 1.82) is 5.26 Å². The molecule has 0 aromatic heterocycles. The van der Waals surface area contributed by atoms with Crippen molar-refractivity contribution in [3.05, 3.63) is 29.8 Å². The van der Waals surface area contributed by atoms with Gasteiger partial charge in [0.15, 0.2) is 0 Å². The van der Waals surface area contributed by atoms with E-state index in [-0.39, 0.29) is 5.41 Å². The predicted molar refractivity (Wildman–Crippen MR) is 60.2 cm³/mol. The fraction of sp³-hybridized carbons (Fsp3) is 0.417. The zero-order valence-electron chi connectivity index (χ0n) is 8.66. The summed E-state index contributed by atoms with van der Waals surface area (Å²) in [6.45, 7) is 1.81. The maximum Gasteiger partial charge on any atom is 0.0847 e. The molecule has 0 unspecified atom stereocenters. The third-order valence-electron chi connectivity index (χ3n) is 3.11. The minimum absolute atomic E-state index is 0.333. The summed E-state index contributed by atoms with van der Waals surface area (Å²) in [7, 11) is 0. The van der Waals surface area contributed by atoms with E-state index in [1.165, 1.54) is 0 Å². The lowest BCUT2D eigenvalue weighted by molar-refractivity contribution is 0.382.